The van der Waals surface area contributed by atoms with E-state index in [1.807, 2.05) is 6.07 Å². The minimum atomic E-state index is -0.619. The Bertz CT molecular complexity index is 375. The highest BCUT2D eigenvalue weighted by atomic mass is 32.2. The maximum absolute atomic E-state index is 13.4. The van der Waals surface area contributed by atoms with Crippen LogP contribution in [0.25, 0.3) is 0 Å². The van der Waals surface area contributed by atoms with Gasteiger partial charge in [-0.1, -0.05) is 13.8 Å². The minimum Gasteiger partial charge on any atom is -0.389 e. The summed E-state index contributed by atoms with van der Waals surface area (Å²) >= 11 is 1.70. The molecule has 1 rings (SSSR count). The van der Waals surface area contributed by atoms with Crippen molar-refractivity contribution in [3.8, 4) is 0 Å². The third-order valence-electron chi connectivity index (χ3n) is 2.69. The van der Waals surface area contributed by atoms with Crippen molar-refractivity contribution < 1.29 is 9.50 Å². The van der Waals surface area contributed by atoms with E-state index in [9.17, 15) is 9.50 Å². The summed E-state index contributed by atoms with van der Waals surface area (Å²) in [5.41, 5.74) is 1.34. The molecule has 0 radical (unpaired) electrons. The fourth-order valence-electron chi connectivity index (χ4n) is 1.53. The average Bonchev–Trinajstić information content (AvgIpc) is 2.22. The third-order valence-corrected chi connectivity index (χ3v) is 3.80. The first kappa shape index (κ1) is 14.5. The number of rotatable bonds is 5. The standard InChI is InChI=1S/C14H21FOS/c1-9(2)5-6-17-14-7-10(3)13(15)8-12(14)11(4)16/h7-9,11,16H,5-6H2,1-4H3/t11-/m1/s1. The second-order valence-corrected chi connectivity index (χ2v) is 5.98. The van der Waals surface area contributed by atoms with Gasteiger partial charge in [0.05, 0.1) is 6.10 Å². The van der Waals surface area contributed by atoms with Crippen LogP contribution in [0.4, 0.5) is 4.39 Å². The van der Waals surface area contributed by atoms with Crippen molar-refractivity contribution in [3.63, 3.8) is 0 Å². The van der Waals surface area contributed by atoms with Crippen molar-refractivity contribution in [2.24, 2.45) is 5.92 Å². The molecule has 1 aromatic carbocycles. The minimum absolute atomic E-state index is 0.242. The Morgan fingerprint density at radius 1 is 1.29 bits per heavy atom. The molecule has 1 aromatic rings. The van der Waals surface area contributed by atoms with Gasteiger partial charge in [0.1, 0.15) is 5.82 Å². The molecule has 0 unspecified atom stereocenters. The van der Waals surface area contributed by atoms with Crippen LogP contribution < -0.4 is 0 Å². The normalized spacial score (nSPS) is 13.1. The van der Waals surface area contributed by atoms with E-state index in [4.69, 9.17) is 0 Å². The van der Waals surface area contributed by atoms with Gasteiger partial charge in [0, 0.05) is 4.90 Å². The molecule has 0 aliphatic carbocycles. The molecule has 0 aliphatic rings. The zero-order chi connectivity index (χ0) is 13.0. The number of halogens is 1. The van der Waals surface area contributed by atoms with Gasteiger partial charge >= 0.3 is 0 Å². The lowest BCUT2D eigenvalue weighted by Crippen LogP contribution is -1.98. The lowest BCUT2D eigenvalue weighted by atomic mass is 10.1. The molecule has 0 saturated heterocycles. The molecule has 0 fully saturated rings. The van der Waals surface area contributed by atoms with Crippen LogP contribution in [-0.2, 0) is 0 Å². The molecule has 0 saturated carbocycles. The lowest BCUT2D eigenvalue weighted by molar-refractivity contribution is 0.196. The van der Waals surface area contributed by atoms with Crippen LogP contribution in [0.2, 0.25) is 0 Å². The number of aliphatic hydroxyl groups excluding tert-OH is 1. The molecule has 0 spiro atoms. The number of benzene rings is 1. The summed E-state index contributed by atoms with van der Waals surface area (Å²) in [6.07, 6.45) is 0.506. The predicted molar refractivity (Wildman–Crippen MR) is 71.9 cm³/mol. The number of hydrogen-bond acceptors (Lipinski definition) is 2. The molecule has 0 amide bonds. The smallest absolute Gasteiger partial charge is 0.126 e. The van der Waals surface area contributed by atoms with Gasteiger partial charge in [-0.2, -0.15) is 0 Å². The Labute approximate surface area is 107 Å². The van der Waals surface area contributed by atoms with Crippen LogP contribution in [0, 0.1) is 18.7 Å². The highest BCUT2D eigenvalue weighted by Crippen LogP contribution is 2.30. The van der Waals surface area contributed by atoms with E-state index in [1.165, 1.54) is 6.07 Å². The van der Waals surface area contributed by atoms with Gasteiger partial charge < -0.3 is 5.11 Å². The molecule has 1 atom stereocenters. The summed E-state index contributed by atoms with van der Waals surface area (Å²) in [4.78, 5) is 1.000. The van der Waals surface area contributed by atoms with Gasteiger partial charge in [-0.3, -0.25) is 0 Å². The summed E-state index contributed by atoms with van der Waals surface area (Å²) in [6, 6.07) is 3.29. The molecule has 96 valence electrons. The molecule has 0 aromatic heterocycles. The van der Waals surface area contributed by atoms with Crippen LogP contribution in [0.15, 0.2) is 17.0 Å². The topological polar surface area (TPSA) is 20.2 Å². The van der Waals surface area contributed by atoms with E-state index in [2.05, 4.69) is 13.8 Å². The summed E-state index contributed by atoms with van der Waals surface area (Å²) in [5, 5.41) is 9.65. The molecule has 1 nitrogen and oxygen atoms in total. The second kappa shape index (κ2) is 6.41. The van der Waals surface area contributed by atoms with E-state index < -0.39 is 6.10 Å². The first-order valence-electron chi connectivity index (χ1n) is 6.02. The van der Waals surface area contributed by atoms with Gasteiger partial charge in [0.15, 0.2) is 0 Å². The molecule has 0 bridgehead atoms. The SMILES string of the molecule is Cc1cc(SCCC(C)C)c([C@@H](C)O)cc1F. The van der Waals surface area contributed by atoms with Gasteiger partial charge in [-0.25, -0.2) is 4.39 Å². The van der Waals surface area contributed by atoms with Crippen LogP contribution in [0.3, 0.4) is 0 Å². The molecular formula is C14H21FOS. The van der Waals surface area contributed by atoms with Gasteiger partial charge in [-0.05, 0) is 55.2 Å². The largest absolute Gasteiger partial charge is 0.389 e. The fraction of sp³-hybridized carbons (Fsp3) is 0.571. The van der Waals surface area contributed by atoms with Crippen molar-refractivity contribution in [2.75, 3.05) is 5.75 Å². The zero-order valence-electron chi connectivity index (χ0n) is 11.0. The average molecular weight is 256 g/mol. The molecule has 1 N–H and O–H groups in total. The summed E-state index contributed by atoms with van der Waals surface area (Å²) in [6.45, 7) is 7.81. The van der Waals surface area contributed by atoms with E-state index in [1.54, 1.807) is 25.6 Å². The first-order chi connectivity index (χ1) is 7.91. The van der Waals surface area contributed by atoms with E-state index in [0.29, 0.717) is 17.0 Å². The Balaban J connectivity index is 2.85. The number of aryl methyl sites for hydroxylation is 1. The molecule has 0 aliphatic heterocycles. The van der Waals surface area contributed by atoms with Crippen LogP contribution >= 0.6 is 11.8 Å². The van der Waals surface area contributed by atoms with Gasteiger partial charge in [-0.15, -0.1) is 11.8 Å². The number of aliphatic hydroxyl groups is 1. The maximum atomic E-state index is 13.4. The summed E-state index contributed by atoms with van der Waals surface area (Å²) < 4.78 is 13.4. The monoisotopic (exact) mass is 256 g/mol. The second-order valence-electron chi connectivity index (χ2n) is 4.85. The number of thioether (sulfide) groups is 1. The molecular weight excluding hydrogens is 235 g/mol. The lowest BCUT2D eigenvalue weighted by Gasteiger charge is -2.14. The first-order valence-corrected chi connectivity index (χ1v) is 7.01. The predicted octanol–water partition coefficient (Wildman–Crippen LogP) is 4.33. The van der Waals surface area contributed by atoms with Crippen molar-refractivity contribution >= 4 is 11.8 Å². The van der Waals surface area contributed by atoms with Crippen molar-refractivity contribution in [1.29, 1.82) is 0 Å². The molecule has 17 heavy (non-hydrogen) atoms. The third kappa shape index (κ3) is 4.32. The Kier molecular flexibility index (Phi) is 5.47. The van der Waals surface area contributed by atoms with Crippen molar-refractivity contribution in [1.82, 2.24) is 0 Å². The van der Waals surface area contributed by atoms with Crippen LogP contribution in [-0.4, -0.2) is 10.9 Å². The summed E-state index contributed by atoms with van der Waals surface area (Å²) in [7, 11) is 0. The van der Waals surface area contributed by atoms with Gasteiger partial charge in [0.25, 0.3) is 0 Å². The van der Waals surface area contributed by atoms with Crippen molar-refractivity contribution in [2.45, 2.75) is 45.1 Å². The summed E-state index contributed by atoms with van der Waals surface area (Å²) in [5.74, 6) is 1.43. The van der Waals surface area contributed by atoms with Gasteiger partial charge in [0.2, 0.25) is 0 Å². The van der Waals surface area contributed by atoms with E-state index in [-0.39, 0.29) is 5.82 Å². The van der Waals surface area contributed by atoms with Crippen molar-refractivity contribution in [3.05, 3.63) is 29.1 Å². The molecule has 3 heteroatoms. The Morgan fingerprint density at radius 3 is 2.47 bits per heavy atom. The van der Waals surface area contributed by atoms with E-state index >= 15 is 0 Å². The maximum Gasteiger partial charge on any atom is 0.126 e. The Morgan fingerprint density at radius 2 is 1.94 bits per heavy atom. The molecule has 0 heterocycles. The quantitative estimate of drug-likeness (QED) is 0.791. The Hall–Kier alpha value is -0.540. The fourth-order valence-corrected chi connectivity index (χ4v) is 2.99. The van der Waals surface area contributed by atoms with E-state index in [0.717, 1.165) is 17.1 Å². The van der Waals surface area contributed by atoms with Crippen LogP contribution in [0.1, 0.15) is 44.4 Å². The number of hydrogen-bond donors (Lipinski definition) is 1. The highest BCUT2D eigenvalue weighted by Gasteiger charge is 2.12. The highest BCUT2D eigenvalue weighted by molar-refractivity contribution is 7.99. The van der Waals surface area contributed by atoms with Crippen LogP contribution in [0.5, 0.6) is 0 Å². The zero-order valence-corrected chi connectivity index (χ0v) is 11.8.